The number of methoxy groups -OCH3 is 2. The zero-order valence-electron chi connectivity index (χ0n) is 17.9. The highest BCUT2D eigenvalue weighted by atomic mass is 19.4. The number of aromatic amines is 1. The van der Waals surface area contributed by atoms with Crippen molar-refractivity contribution in [1.29, 1.82) is 0 Å². The maximum Gasteiger partial charge on any atom is 0.416 e. The van der Waals surface area contributed by atoms with E-state index < -0.39 is 23.1 Å². The van der Waals surface area contributed by atoms with Gasteiger partial charge in [-0.15, -0.1) is 0 Å². The highest BCUT2D eigenvalue weighted by molar-refractivity contribution is 6.06. The number of aromatic nitrogens is 3. The highest BCUT2D eigenvalue weighted by Gasteiger charge is 2.30. The SMILES string of the molecule is COc1cc(OC)nc(C(=O)Nc2cccc3c(=O)cc(-c4cccc(C(F)(F)F)c4)[nH]c23)n1. The van der Waals surface area contributed by atoms with Crippen LogP contribution >= 0.6 is 0 Å². The Balaban J connectivity index is 1.78. The number of carbonyl (C=O) groups is 1. The smallest absolute Gasteiger partial charge is 0.416 e. The molecule has 2 aromatic carbocycles. The number of hydrogen-bond donors (Lipinski definition) is 2. The van der Waals surface area contributed by atoms with Gasteiger partial charge in [0, 0.05) is 17.1 Å². The number of para-hydroxylation sites is 1. The number of anilines is 1. The third kappa shape index (κ3) is 4.53. The molecule has 0 aliphatic rings. The fourth-order valence-corrected chi connectivity index (χ4v) is 3.29. The summed E-state index contributed by atoms with van der Waals surface area (Å²) in [6, 6.07) is 11.8. The van der Waals surface area contributed by atoms with Gasteiger partial charge in [-0.1, -0.05) is 18.2 Å². The maximum atomic E-state index is 13.1. The highest BCUT2D eigenvalue weighted by Crippen LogP contribution is 2.32. The molecule has 0 fully saturated rings. The molecule has 0 aliphatic heterocycles. The minimum Gasteiger partial charge on any atom is -0.481 e. The van der Waals surface area contributed by atoms with Crippen LogP contribution in [0.4, 0.5) is 18.9 Å². The molecule has 0 saturated heterocycles. The van der Waals surface area contributed by atoms with Gasteiger partial charge in [-0.3, -0.25) is 9.59 Å². The maximum absolute atomic E-state index is 13.1. The third-order valence-electron chi connectivity index (χ3n) is 4.91. The van der Waals surface area contributed by atoms with Gasteiger partial charge in [0.1, 0.15) is 0 Å². The van der Waals surface area contributed by atoms with E-state index in [0.717, 1.165) is 12.1 Å². The predicted octanol–water partition coefficient (Wildman–Crippen LogP) is 4.27. The molecule has 0 unspecified atom stereocenters. The second kappa shape index (κ2) is 8.85. The van der Waals surface area contributed by atoms with Crippen molar-refractivity contribution < 1.29 is 27.4 Å². The van der Waals surface area contributed by atoms with Gasteiger partial charge in [0.15, 0.2) is 5.43 Å². The van der Waals surface area contributed by atoms with Crippen LogP contribution in [0.25, 0.3) is 22.2 Å². The first kappa shape index (κ1) is 22.8. The molecule has 2 heterocycles. The number of ether oxygens (including phenoxy) is 2. The van der Waals surface area contributed by atoms with Crippen molar-refractivity contribution >= 4 is 22.5 Å². The molecule has 8 nitrogen and oxygen atoms in total. The molecule has 1 amide bonds. The van der Waals surface area contributed by atoms with Crippen molar-refractivity contribution in [3.63, 3.8) is 0 Å². The average molecular weight is 470 g/mol. The molecular formula is C23H17F3N4O4. The summed E-state index contributed by atoms with van der Waals surface area (Å²) in [4.78, 5) is 36.5. The minimum atomic E-state index is -4.54. The molecule has 0 atom stereocenters. The number of pyridine rings is 1. The number of hydrogen-bond acceptors (Lipinski definition) is 6. The van der Waals surface area contributed by atoms with Crippen LogP contribution in [0.15, 0.2) is 59.4 Å². The van der Waals surface area contributed by atoms with E-state index in [2.05, 4.69) is 20.3 Å². The Bertz CT molecular complexity index is 1430. The molecule has 2 N–H and O–H groups in total. The van der Waals surface area contributed by atoms with Crippen LogP contribution in [0.2, 0.25) is 0 Å². The lowest BCUT2D eigenvalue weighted by Crippen LogP contribution is -2.17. The van der Waals surface area contributed by atoms with Crippen molar-refractivity contribution in [2.45, 2.75) is 6.18 Å². The van der Waals surface area contributed by atoms with Crippen LogP contribution in [-0.2, 0) is 6.18 Å². The lowest BCUT2D eigenvalue weighted by atomic mass is 10.1. The lowest BCUT2D eigenvalue weighted by molar-refractivity contribution is -0.137. The number of alkyl halides is 3. The number of nitrogens with zero attached hydrogens (tertiary/aromatic N) is 2. The first-order chi connectivity index (χ1) is 16.2. The molecule has 4 rings (SSSR count). The number of H-pyrrole nitrogens is 1. The Kier molecular flexibility index (Phi) is 5.93. The molecule has 11 heteroatoms. The summed E-state index contributed by atoms with van der Waals surface area (Å²) >= 11 is 0. The largest absolute Gasteiger partial charge is 0.481 e. The Hall–Kier alpha value is -4.41. The van der Waals surface area contributed by atoms with E-state index >= 15 is 0 Å². The summed E-state index contributed by atoms with van der Waals surface area (Å²) < 4.78 is 49.5. The molecule has 0 radical (unpaired) electrons. The normalized spacial score (nSPS) is 11.3. The summed E-state index contributed by atoms with van der Waals surface area (Å²) in [5.74, 6) is -0.745. The molecule has 0 saturated carbocycles. The molecule has 0 aliphatic carbocycles. The Morgan fingerprint density at radius 2 is 1.65 bits per heavy atom. The van der Waals surface area contributed by atoms with Gasteiger partial charge in [-0.05, 0) is 29.8 Å². The summed E-state index contributed by atoms with van der Waals surface area (Å²) in [5, 5.41) is 2.85. The summed E-state index contributed by atoms with van der Waals surface area (Å²) in [5.41, 5.74) is -0.530. The third-order valence-corrected chi connectivity index (χ3v) is 4.91. The van der Waals surface area contributed by atoms with Gasteiger partial charge in [0.25, 0.3) is 5.91 Å². The summed E-state index contributed by atoms with van der Waals surface area (Å²) in [6.07, 6.45) is -4.54. The minimum absolute atomic E-state index is 0.107. The molecular weight excluding hydrogens is 453 g/mol. The van der Waals surface area contributed by atoms with E-state index in [1.165, 1.54) is 50.6 Å². The van der Waals surface area contributed by atoms with Crippen molar-refractivity contribution in [3.05, 3.63) is 76.2 Å². The van der Waals surface area contributed by atoms with Crippen molar-refractivity contribution in [3.8, 4) is 23.0 Å². The topological polar surface area (TPSA) is 106 Å². The zero-order valence-corrected chi connectivity index (χ0v) is 17.9. The standard InChI is InChI=1S/C23H17F3N4O4/c1-33-18-11-19(34-2)30-21(29-18)22(32)28-15-8-4-7-14-17(31)10-16(27-20(14)15)12-5-3-6-13(9-12)23(24,25)26/h3-11H,1-2H3,(H,27,31)(H,28,32). The van der Waals surface area contributed by atoms with Gasteiger partial charge in [-0.2, -0.15) is 23.1 Å². The van der Waals surface area contributed by atoms with E-state index in [9.17, 15) is 22.8 Å². The molecule has 0 spiro atoms. The Morgan fingerprint density at radius 3 is 2.29 bits per heavy atom. The van der Waals surface area contributed by atoms with E-state index in [1.807, 2.05) is 0 Å². The van der Waals surface area contributed by atoms with E-state index in [1.54, 1.807) is 6.07 Å². The van der Waals surface area contributed by atoms with Gasteiger partial charge in [0.05, 0.1) is 37.1 Å². The van der Waals surface area contributed by atoms with Crippen LogP contribution in [0.1, 0.15) is 16.2 Å². The van der Waals surface area contributed by atoms with E-state index in [0.29, 0.717) is 0 Å². The lowest BCUT2D eigenvalue weighted by Gasteiger charge is -2.12. The van der Waals surface area contributed by atoms with Gasteiger partial charge >= 0.3 is 6.18 Å². The molecule has 4 aromatic rings. The van der Waals surface area contributed by atoms with E-state index in [4.69, 9.17) is 9.47 Å². The van der Waals surface area contributed by atoms with Gasteiger partial charge in [-0.25, -0.2) is 0 Å². The monoisotopic (exact) mass is 470 g/mol. The van der Waals surface area contributed by atoms with Gasteiger partial charge < -0.3 is 19.8 Å². The van der Waals surface area contributed by atoms with Crippen LogP contribution in [-0.4, -0.2) is 35.1 Å². The van der Waals surface area contributed by atoms with Crippen LogP contribution in [0.3, 0.4) is 0 Å². The second-order valence-electron chi connectivity index (χ2n) is 7.08. The summed E-state index contributed by atoms with van der Waals surface area (Å²) in [7, 11) is 2.74. The van der Waals surface area contributed by atoms with Gasteiger partial charge in [0.2, 0.25) is 17.6 Å². The average Bonchev–Trinajstić information content (AvgIpc) is 2.83. The number of amides is 1. The summed E-state index contributed by atoms with van der Waals surface area (Å²) in [6.45, 7) is 0. The zero-order chi connectivity index (χ0) is 24.5. The number of benzene rings is 2. The molecule has 0 bridgehead atoms. The molecule has 2 aromatic heterocycles. The number of halogens is 3. The number of carbonyl (C=O) groups excluding carboxylic acids is 1. The quantitative estimate of drug-likeness (QED) is 0.451. The van der Waals surface area contributed by atoms with Crippen LogP contribution in [0, 0.1) is 0 Å². The number of nitrogens with one attached hydrogen (secondary N) is 2. The molecule has 34 heavy (non-hydrogen) atoms. The van der Waals surface area contributed by atoms with Crippen LogP contribution in [0.5, 0.6) is 11.8 Å². The van der Waals surface area contributed by atoms with E-state index in [-0.39, 0.29) is 45.4 Å². The first-order valence-electron chi connectivity index (χ1n) is 9.81. The van der Waals surface area contributed by atoms with Crippen molar-refractivity contribution in [1.82, 2.24) is 15.0 Å². The Labute approximate surface area is 190 Å². The fraction of sp³-hybridized carbons (Fsp3) is 0.130. The number of fused-ring (bicyclic) bond motifs is 1. The molecule has 174 valence electrons. The first-order valence-corrected chi connectivity index (χ1v) is 9.81. The fourth-order valence-electron chi connectivity index (χ4n) is 3.29. The Morgan fingerprint density at radius 1 is 0.971 bits per heavy atom. The second-order valence-corrected chi connectivity index (χ2v) is 7.08. The van der Waals surface area contributed by atoms with Crippen molar-refractivity contribution in [2.75, 3.05) is 19.5 Å². The van der Waals surface area contributed by atoms with Crippen molar-refractivity contribution in [2.24, 2.45) is 0 Å². The number of rotatable bonds is 5. The predicted molar refractivity (Wildman–Crippen MR) is 118 cm³/mol. The van der Waals surface area contributed by atoms with Crippen LogP contribution < -0.4 is 20.2 Å².